The maximum absolute atomic E-state index is 10.5. The van der Waals surface area contributed by atoms with Crippen LogP contribution in [-0.2, 0) is 5.60 Å². The number of aliphatic imine (C=N–C) groups is 1. The molecule has 5 heteroatoms. The summed E-state index contributed by atoms with van der Waals surface area (Å²) >= 11 is 0. The molecule has 3 unspecified atom stereocenters. The summed E-state index contributed by atoms with van der Waals surface area (Å²) in [6, 6.07) is 14.2. The van der Waals surface area contributed by atoms with Gasteiger partial charge in [0, 0.05) is 13.1 Å². The van der Waals surface area contributed by atoms with Crippen LogP contribution in [0, 0.1) is 5.92 Å². The van der Waals surface area contributed by atoms with Gasteiger partial charge in [0.1, 0.15) is 11.4 Å². The van der Waals surface area contributed by atoms with E-state index in [1.54, 1.807) is 25.3 Å². The molecule has 134 valence electrons. The maximum atomic E-state index is 10.5. The topological polar surface area (TPSA) is 69.8 Å². The monoisotopic (exact) mass is 341 g/mol. The first-order valence-electron chi connectivity index (χ1n) is 8.93. The molecule has 0 spiro atoms. The van der Waals surface area contributed by atoms with Gasteiger partial charge in [-0.05, 0) is 49.8 Å². The van der Waals surface area contributed by atoms with Crippen LogP contribution in [0.3, 0.4) is 0 Å². The number of benzene rings is 1. The molecular weight excluding hydrogens is 314 g/mol. The summed E-state index contributed by atoms with van der Waals surface area (Å²) in [5, 5.41) is 17.1. The Morgan fingerprint density at radius 3 is 2.72 bits per heavy atom. The summed E-state index contributed by atoms with van der Waals surface area (Å²) in [5.41, 5.74) is 0.301. The molecule has 3 atom stereocenters. The number of nitrogens with one attached hydrogen (secondary N) is 2. The van der Waals surface area contributed by atoms with Gasteiger partial charge in [-0.1, -0.05) is 30.3 Å². The zero-order chi connectivity index (χ0) is 17.7. The lowest BCUT2D eigenvalue weighted by Crippen LogP contribution is -2.39. The van der Waals surface area contributed by atoms with Crippen LogP contribution in [0.5, 0.6) is 0 Å². The van der Waals surface area contributed by atoms with Gasteiger partial charge in [-0.3, -0.25) is 0 Å². The van der Waals surface area contributed by atoms with E-state index in [1.807, 2.05) is 6.92 Å². The molecule has 0 radical (unpaired) electrons. The molecule has 0 aliphatic heterocycles. The average Bonchev–Trinajstić information content (AvgIpc) is 3.17. The number of hydrogen-bond donors (Lipinski definition) is 3. The largest absolute Gasteiger partial charge is 0.466 e. The lowest BCUT2D eigenvalue weighted by atomic mass is 10.0. The van der Waals surface area contributed by atoms with E-state index in [9.17, 15) is 5.11 Å². The van der Waals surface area contributed by atoms with Crippen molar-refractivity contribution in [3.63, 3.8) is 0 Å². The quantitative estimate of drug-likeness (QED) is 0.535. The highest BCUT2D eigenvalue weighted by Crippen LogP contribution is 2.46. The van der Waals surface area contributed by atoms with Gasteiger partial charge in [-0.2, -0.15) is 0 Å². The third kappa shape index (κ3) is 4.63. The number of nitrogens with zero attached hydrogens (tertiary/aromatic N) is 1. The van der Waals surface area contributed by atoms with Crippen LogP contribution in [-0.4, -0.2) is 30.7 Å². The first-order chi connectivity index (χ1) is 12.1. The predicted octanol–water partition coefficient (Wildman–Crippen LogP) is 2.85. The van der Waals surface area contributed by atoms with E-state index in [0.717, 1.165) is 19.0 Å². The number of aliphatic hydroxyl groups is 1. The molecule has 3 N–H and O–H groups in total. The van der Waals surface area contributed by atoms with E-state index in [1.165, 1.54) is 12.0 Å². The summed E-state index contributed by atoms with van der Waals surface area (Å²) in [6.07, 6.45) is 2.77. The molecule has 1 aliphatic rings. The molecule has 1 fully saturated rings. The molecule has 1 heterocycles. The highest BCUT2D eigenvalue weighted by atomic mass is 16.4. The minimum atomic E-state index is -1.11. The number of furan rings is 1. The Kier molecular flexibility index (Phi) is 5.43. The fraction of sp³-hybridized carbons (Fsp3) is 0.450. The predicted molar refractivity (Wildman–Crippen MR) is 99.6 cm³/mol. The summed E-state index contributed by atoms with van der Waals surface area (Å²) in [7, 11) is 0. The third-order valence-electron chi connectivity index (χ3n) is 4.62. The molecule has 1 aromatic carbocycles. The second-order valence-corrected chi connectivity index (χ2v) is 6.84. The molecular formula is C20H27N3O2. The van der Waals surface area contributed by atoms with Gasteiger partial charge < -0.3 is 20.2 Å². The van der Waals surface area contributed by atoms with Crippen LogP contribution in [0.2, 0.25) is 0 Å². The second kappa shape index (κ2) is 7.74. The summed E-state index contributed by atoms with van der Waals surface area (Å²) < 4.78 is 5.30. The van der Waals surface area contributed by atoms with Crippen LogP contribution >= 0.6 is 0 Å². The standard InChI is InChI=1S/C20H27N3O2/c1-3-21-19(23-14-20(2,24)18-10-7-11-25-18)22-13-16-12-17(16)15-8-5-4-6-9-15/h4-11,16-17,24H,3,12-14H2,1-2H3,(H2,21,22,23). The van der Waals surface area contributed by atoms with Gasteiger partial charge in [0.05, 0.1) is 12.8 Å². The highest BCUT2D eigenvalue weighted by Gasteiger charge is 2.37. The zero-order valence-corrected chi connectivity index (χ0v) is 14.9. The van der Waals surface area contributed by atoms with Crippen LogP contribution in [0.1, 0.15) is 37.5 Å². The Hall–Kier alpha value is -2.27. The minimum Gasteiger partial charge on any atom is -0.466 e. The molecule has 1 aliphatic carbocycles. The molecule has 0 saturated heterocycles. The number of guanidine groups is 1. The first-order valence-corrected chi connectivity index (χ1v) is 8.93. The first kappa shape index (κ1) is 17.5. The van der Waals surface area contributed by atoms with Crippen molar-refractivity contribution in [1.82, 2.24) is 10.6 Å². The molecule has 0 amide bonds. The Bertz CT molecular complexity index is 680. The Morgan fingerprint density at radius 2 is 2.04 bits per heavy atom. The van der Waals surface area contributed by atoms with Crippen molar-refractivity contribution in [2.24, 2.45) is 10.9 Å². The maximum Gasteiger partial charge on any atom is 0.191 e. The van der Waals surface area contributed by atoms with Crippen molar-refractivity contribution in [2.75, 3.05) is 19.6 Å². The summed E-state index contributed by atoms with van der Waals surface area (Å²) in [4.78, 5) is 4.52. The minimum absolute atomic E-state index is 0.239. The van der Waals surface area contributed by atoms with Crippen molar-refractivity contribution in [1.29, 1.82) is 0 Å². The van der Waals surface area contributed by atoms with Crippen LogP contribution in [0.4, 0.5) is 0 Å². The van der Waals surface area contributed by atoms with Gasteiger partial charge in [-0.15, -0.1) is 0 Å². The Morgan fingerprint density at radius 1 is 1.24 bits per heavy atom. The number of hydrogen-bond acceptors (Lipinski definition) is 3. The molecule has 1 aromatic heterocycles. The van der Waals surface area contributed by atoms with Gasteiger partial charge in [0.15, 0.2) is 5.96 Å². The van der Waals surface area contributed by atoms with E-state index in [0.29, 0.717) is 17.6 Å². The lowest BCUT2D eigenvalue weighted by Gasteiger charge is -2.19. The fourth-order valence-electron chi connectivity index (χ4n) is 3.05. The molecule has 0 bridgehead atoms. The van der Waals surface area contributed by atoms with E-state index >= 15 is 0 Å². The van der Waals surface area contributed by atoms with Crippen molar-refractivity contribution in [3.8, 4) is 0 Å². The van der Waals surface area contributed by atoms with Crippen molar-refractivity contribution in [3.05, 3.63) is 60.1 Å². The molecule has 5 nitrogen and oxygen atoms in total. The van der Waals surface area contributed by atoms with E-state index < -0.39 is 5.60 Å². The molecule has 1 saturated carbocycles. The van der Waals surface area contributed by atoms with Crippen molar-refractivity contribution in [2.45, 2.75) is 31.8 Å². The second-order valence-electron chi connectivity index (χ2n) is 6.84. The zero-order valence-electron chi connectivity index (χ0n) is 14.9. The van der Waals surface area contributed by atoms with Crippen molar-refractivity contribution < 1.29 is 9.52 Å². The molecule has 25 heavy (non-hydrogen) atoms. The van der Waals surface area contributed by atoms with Crippen LogP contribution in [0.15, 0.2) is 58.1 Å². The van der Waals surface area contributed by atoms with Gasteiger partial charge in [0.2, 0.25) is 0 Å². The van der Waals surface area contributed by atoms with Crippen LogP contribution in [0.25, 0.3) is 0 Å². The Labute approximate surface area is 149 Å². The summed E-state index contributed by atoms with van der Waals surface area (Å²) in [5.74, 6) is 2.53. The van der Waals surface area contributed by atoms with Crippen LogP contribution < -0.4 is 10.6 Å². The fourth-order valence-corrected chi connectivity index (χ4v) is 3.05. The van der Waals surface area contributed by atoms with Gasteiger partial charge in [-0.25, -0.2) is 4.99 Å². The normalized spacial score (nSPS) is 22.3. The molecule has 2 aromatic rings. The summed E-state index contributed by atoms with van der Waals surface area (Å²) in [6.45, 7) is 5.65. The van der Waals surface area contributed by atoms with Crippen molar-refractivity contribution >= 4 is 5.96 Å². The van der Waals surface area contributed by atoms with Gasteiger partial charge in [0.25, 0.3) is 0 Å². The molecule has 3 rings (SSSR count). The van der Waals surface area contributed by atoms with Gasteiger partial charge >= 0.3 is 0 Å². The Balaban J connectivity index is 1.53. The lowest BCUT2D eigenvalue weighted by molar-refractivity contribution is 0.0437. The SMILES string of the molecule is CCNC(=NCC(C)(O)c1ccco1)NCC1CC1c1ccccc1. The smallest absolute Gasteiger partial charge is 0.191 e. The third-order valence-corrected chi connectivity index (χ3v) is 4.62. The highest BCUT2D eigenvalue weighted by molar-refractivity contribution is 5.79. The van der Waals surface area contributed by atoms with E-state index in [-0.39, 0.29) is 6.54 Å². The van der Waals surface area contributed by atoms with E-state index in [2.05, 4.69) is 46.0 Å². The average molecular weight is 341 g/mol. The number of rotatable bonds is 7. The van der Waals surface area contributed by atoms with E-state index in [4.69, 9.17) is 4.42 Å².